The Bertz CT molecular complexity index is 1060. The number of likely N-dealkylation sites (tertiary alicyclic amines) is 1. The minimum Gasteiger partial charge on any atom is -0.507 e. The van der Waals surface area contributed by atoms with Gasteiger partial charge < -0.3 is 19.6 Å². The lowest BCUT2D eigenvalue weighted by Crippen LogP contribution is -2.35. The summed E-state index contributed by atoms with van der Waals surface area (Å²) in [4.78, 5) is 39.7. The van der Waals surface area contributed by atoms with Crippen LogP contribution in [0.1, 0.15) is 30.5 Å². The Morgan fingerprint density at radius 2 is 1.76 bits per heavy atom. The molecule has 174 valence electrons. The van der Waals surface area contributed by atoms with E-state index in [1.54, 1.807) is 24.3 Å². The van der Waals surface area contributed by atoms with Gasteiger partial charge in [0.15, 0.2) is 0 Å². The molecule has 0 radical (unpaired) electrons. The second-order valence-electron chi connectivity index (χ2n) is 8.02. The first-order chi connectivity index (χ1) is 15.7. The molecule has 9 nitrogen and oxygen atoms in total. The number of nitrogens with zero attached hydrogens (tertiary/aromatic N) is 3. The lowest BCUT2D eigenvalue weighted by molar-refractivity contribution is -0.384. The number of carbonyl (C=O) groups is 2. The van der Waals surface area contributed by atoms with Crippen LogP contribution in [0.15, 0.2) is 54.1 Å². The molecule has 1 atom stereocenters. The van der Waals surface area contributed by atoms with Crippen molar-refractivity contribution in [3.05, 3.63) is 75.3 Å². The molecule has 1 aliphatic rings. The molecule has 0 aromatic heterocycles. The number of hydrogen-bond donors (Lipinski definition) is 1. The number of ketones is 1. The van der Waals surface area contributed by atoms with Crippen LogP contribution in [-0.4, -0.2) is 65.3 Å². The van der Waals surface area contributed by atoms with Crippen LogP contribution in [0, 0.1) is 10.1 Å². The number of nitro benzene ring substituents is 1. The third kappa shape index (κ3) is 5.20. The van der Waals surface area contributed by atoms with Gasteiger partial charge in [0.05, 0.1) is 23.1 Å². The molecule has 1 amide bonds. The highest BCUT2D eigenvalue weighted by atomic mass is 16.6. The van der Waals surface area contributed by atoms with Gasteiger partial charge in [-0.15, -0.1) is 0 Å². The Kier molecular flexibility index (Phi) is 7.44. The first kappa shape index (κ1) is 23.9. The van der Waals surface area contributed by atoms with Crippen LogP contribution in [0.2, 0.25) is 0 Å². The van der Waals surface area contributed by atoms with Crippen molar-refractivity contribution in [1.29, 1.82) is 0 Å². The Morgan fingerprint density at radius 1 is 1.12 bits per heavy atom. The maximum atomic E-state index is 13.0. The highest BCUT2D eigenvalue weighted by Crippen LogP contribution is 2.39. The average molecular weight is 453 g/mol. The smallest absolute Gasteiger partial charge is 0.295 e. The largest absolute Gasteiger partial charge is 0.507 e. The van der Waals surface area contributed by atoms with E-state index in [1.165, 1.54) is 29.2 Å². The van der Waals surface area contributed by atoms with Crippen molar-refractivity contribution in [3.63, 3.8) is 0 Å². The molecule has 1 heterocycles. The number of rotatable bonds is 9. The van der Waals surface area contributed by atoms with Gasteiger partial charge in [-0.3, -0.25) is 19.7 Å². The van der Waals surface area contributed by atoms with Crippen molar-refractivity contribution in [2.24, 2.45) is 0 Å². The summed E-state index contributed by atoms with van der Waals surface area (Å²) in [6.45, 7) is 3.30. The summed E-state index contributed by atoms with van der Waals surface area (Å²) in [6.07, 6.45) is 0.855. The summed E-state index contributed by atoms with van der Waals surface area (Å²) in [7, 11) is 3.69. The number of non-ortho nitro benzene ring substituents is 1. The molecule has 3 rings (SSSR count). The number of benzene rings is 2. The van der Waals surface area contributed by atoms with E-state index in [0.29, 0.717) is 30.0 Å². The molecule has 1 saturated heterocycles. The molecule has 33 heavy (non-hydrogen) atoms. The molecular weight excluding hydrogens is 426 g/mol. The van der Waals surface area contributed by atoms with Crippen LogP contribution in [0.5, 0.6) is 5.75 Å². The van der Waals surface area contributed by atoms with E-state index in [4.69, 9.17) is 4.74 Å². The van der Waals surface area contributed by atoms with E-state index in [9.17, 15) is 24.8 Å². The highest BCUT2D eigenvalue weighted by molar-refractivity contribution is 6.46. The van der Waals surface area contributed by atoms with Crippen LogP contribution in [0.3, 0.4) is 0 Å². The van der Waals surface area contributed by atoms with Gasteiger partial charge in [-0.05, 0) is 62.5 Å². The van der Waals surface area contributed by atoms with Gasteiger partial charge >= 0.3 is 0 Å². The summed E-state index contributed by atoms with van der Waals surface area (Å²) in [5, 5.41) is 22.1. The van der Waals surface area contributed by atoms with Gasteiger partial charge in [-0.1, -0.05) is 6.92 Å². The molecule has 1 aliphatic heterocycles. The number of aliphatic hydroxyl groups excluding tert-OH is 1. The normalized spacial score (nSPS) is 17.6. The van der Waals surface area contributed by atoms with Crippen LogP contribution < -0.4 is 4.74 Å². The van der Waals surface area contributed by atoms with E-state index in [1.807, 2.05) is 25.9 Å². The zero-order valence-electron chi connectivity index (χ0n) is 18.9. The first-order valence-electron chi connectivity index (χ1n) is 10.6. The molecule has 1 N–H and O–H groups in total. The fourth-order valence-corrected chi connectivity index (χ4v) is 3.63. The number of likely N-dealkylation sites (N-methyl/N-ethyl adjacent to an activating group) is 1. The minimum atomic E-state index is -0.859. The number of amides is 1. The van der Waals surface area contributed by atoms with Crippen LogP contribution in [0.4, 0.5) is 5.69 Å². The number of Topliss-reactive ketones (excluding diaryl/α,β-unsaturated/α-hetero) is 1. The monoisotopic (exact) mass is 453 g/mol. The molecule has 0 unspecified atom stereocenters. The van der Waals surface area contributed by atoms with E-state index in [0.717, 1.165) is 6.42 Å². The number of carbonyl (C=O) groups excluding carboxylic acids is 2. The van der Waals surface area contributed by atoms with Crippen LogP contribution >= 0.6 is 0 Å². The van der Waals surface area contributed by atoms with Gasteiger partial charge in [0, 0.05) is 30.8 Å². The standard InChI is InChI=1S/C24H27N3O6/c1-4-15-33-19-11-7-17(8-12-19)22(28)20-21(16-5-9-18(10-6-16)27(31)32)26(14-13-25(2)3)24(30)23(20)29/h5-12,21,28H,4,13-15H2,1-3H3/t21-/m0/s1. The van der Waals surface area contributed by atoms with E-state index >= 15 is 0 Å². The minimum absolute atomic E-state index is 0.0464. The summed E-state index contributed by atoms with van der Waals surface area (Å²) < 4.78 is 5.56. The predicted molar refractivity (Wildman–Crippen MR) is 123 cm³/mol. The van der Waals surface area contributed by atoms with Crippen molar-refractivity contribution in [1.82, 2.24) is 9.80 Å². The van der Waals surface area contributed by atoms with Crippen molar-refractivity contribution >= 4 is 23.1 Å². The molecule has 0 bridgehead atoms. The van der Waals surface area contributed by atoms with Gasteiger partial charge in [0.25, 0.3) is 17.4 Å². The fourth-order valence-electron chi connectivity index (χ4n) is 3.63. The Hall–Kier alpha value is -3.72. The van der Waals surface area contributed by atoms with E-state index in [-0.39, 0.29) is 23.6 Å². The first-order valence-corrected chi connectivity index (χ1v) is 10.6. The van der Waals surface area contributed by atoms with Gasteiger partial charge in [-0.2, -0.15) is 0 Å². The summed E-state index contributed by atoms with van der Waals surface area (Å²) in [5.74, 6) is -1.18. The molecule has 9 heteroatoms. The molecule has 0 spiro atoms. The van der Waals surface area contributed by atoms with Crippen molar-refractivity contribution < 1.29 is 24.4 Å². The third-order valence-electron chi connectivity index (χ3n) is 5.35. The van der Waals surface area contributed by atoms with Gasteiger partial charge in [0.2, 0.25) is 0 Å². The second kappa shape index (κ2) is 10.3. The maximum absolute atomic E-state index is 13.0. The SMILES string of the molecule is CCCOc1ccc(C(O)=C2C(=O)C(=O)N(CCN(C)C)[C@H]2c2ccc([N+](=O)[O-])cc2)cc1. The molecular formula is C24H27N3O6. The number of ether oxygens (including phenoxy) is 1. The van der Waals surface area contributed by atoms with Gasteiger partial charge in [-0.25, -0.2) is 0 Å². The average Bonchev–Trinajstić information content (AvgIpc) is 3.06. The fraction of sp³-hybridized carbons (Fsp3) is 0.333. The topological polar surface area (TPSA) is 113 Å². The predicted octanol–water partition coefficient (Wildman–Crippen LogP) is 3.37. The molecule has 0 saturated carbocycles. The molecule has 1 fully saturated rings. The Labute approximate surface area is 192 Å². The third-order valence-corrected chi connectivity index (χ3v) is 5.35. The Morgan fingerprint density at radius 3 is 2.30 bits per heavy atom. The number of nitro groups is 1. The van der Waals surface area contributed by atoms with Crippen molar-refractivity contribution in [3.8, 4) is 5.75 Å². The van der Waals surface area contributed by atoms with Crippen molar-refractivity contribution in [2.75, 3.05) is 33.8 Å². The second-order valence-corrected chi connectivity index (χ2v) is 8.02. The summed E-state index contributed by atoms with van der Waals surface area (Å²) in [5.41, 5.74) is 0.723. The van der Waals surface area contributed by atoms with Crippen LogP contribution in [-0.2, 0) is 9.59 Å². The maximum Gasteiger partial charge on any atom is 0.295 e. The lowest BCUT2D eigenvalue weighted by Gasteiger charge is -2.26. The van der Waals surface area contributed by atoms with E-state index < -0.39 is 22.7 Å². The van der Waals surface area contributed by atoms with Gasteiger partial charge in [0.1, 0.15) is 11.5 Å². The zero-order chi connectivity index (χ0) is 24.1. The molecule has 2 aromatic rings. The van der Waals surface area contributed by atoms with Crippen LogP contribution in [0.25, 0.3) is 5.76 Å². The summed E-state index contributed by atoms with van der Waals surface area (Å²) >= 11 is 0. The Balaban J connectivity index is 2.06. The zero-order valence-corrected chi connectivity index (χ0v) is 18.9. The number of hydrogen-bond acceptors (Lipinski definition) is 7. The lowest BCUT2D eigenvalue weighted by atomic mass is 9.95. The van der Waals surface area contributed by atoms with E-state index in [2.05, 4.69) is 0 Å². The molecule has 0 aliphatic carbocycles. The quantitative estimate of drug-likeness (QED) is 0.204. The highest BCUT2D eigenvalue weighted by Gasteiger charge is 2.46. The molecule has 2 aromatic carbocycles. The number of aliphatic hydroxyl groups is 1. The van der Waals surface area contributed by atoms with Crippen molar-refractivity contribution in [2.45, 2.75) is 19.4 Å². The summed E-state index contributed by atoms with van der Waals surface area (Å²) in [6, 6.07) is 11.4.